The fourth-order valence-corrected chi connectivity index (χ4v) is 4.40. The highest BCUT2D eigenvalue weighted by Gasteiger charge is 1.94. The maximum atomic E-state index is 2.30. The molecule has 142 valence electrons. The smallest absolute Gasteiger partial charge is 0.0353 e. The van der Waals surface area contributed by atoms with E-state index in [0.29, 0.717) is 0 Å². The van der Waals surface area contributed by atoms with Gasteiger partial charge in [-0.2, -0.15) is 0 Å². The number of hydrogen-bond acceptors (Lipinski definition) is 0. The predicted molar refractivity (Wildman–Crippen MR) is 118 cm³/mol. The molecule has 0 amide bonds. The molecule has 0 aromatic carbocycles. The normalized spacial score (nSPS) is 11.2. The van der Waals surface area contributed by atoms with E-state index >= 15 is 0 Å². The highest BCUT2D eigenvalue weighted by atomic mass is 79.9. The molecule has 23 heavy (non-hydrogen) atoms. The fraction of sp³-hybridized carbons (Fsp3) is 1.00. The summed E-state index contributed by atoms with van der Waals surface area (Å²) in [7, 11) is 1.25. The van der Waals surface area contributed by atoms with E-state index in [9.17, 15) is 0 Å². The molecular weight excluding hydrogens is 363 g/mol. The van der Waals surface area contributed by atoms with Crippen molar-refractivity contribution in [2.75, 3.05) is 12.3 Å². The molecule has 0 heterocycles. The molecule has 0 fully saturated rings. The van der Waals surface area contributed by atoms with Gasteiger partial charge < -0.3 is 0 Å². The molecule has 0 saturated carbocycles. The Morgan fingerprint density at radius 1 is 0.391 bits per heavy atom. The first-order valence-corrected chi connectivity index (χ1v) is 12.0. The van der Waals surface area contributed by atoms with Gasteiger partial charge in [-0.3, -0.25) is 0 Å². The topological polar surface area (TPSA) is 0 Å². The summed E-state index contributed by atoms with van der Waals surface area (Å²) in [5.74, 6) is 0. The summed E-state index contributed by atoms with van der Waals surface area (Å²) in [5.41, 5.74) is 0. The van der Waals surface area contributed by atoms with Gasteiger partial charge in [-0.05, 0) is 25.2 Å². The van der Waals surface area contributed by atoms with Gasteiger partial charge in [0.25, 0.3) is 0 Å². The molecule has 0 saturated heterocycles. The predicted octanol–water partition coefficient (Wildman–Crippen LogP) is 8.91. The monoisotopic (exact) mass is 408 g/mol. The van der Waals surface area contributed by atoms with Gasteiger partial charge in [0.15, 0.2) is 0 Å². The molecule has 0 bridgehead atoms. The van der Waals surface area contributed by atoms with Gasteiger partial charge in [0.2, 0.25) is 0 Å². The van der Waals surface area contributed by atoms with Crippen LogP contribution in [-0.4, -0.2) is 12.3 Å². The second-order valence-corrected chi connectivity index (χ2v) is 8.55. The van der Waals surface area contributed by atoms with Crippen molar-refractivity contribution in [3.63, 3.8) is 0 Å². The molecule has 0 N–H and O–H groups in total. The maximum Gasteiger partial charge on any atom is -0.0353 e. The van der Waals surface area contributed by atoms with Crippen LogP contribution in [0, 0.1) is 0 Å². The minimum absolute atomic E-state index is 0. The van der Waals surface area contributed by atoms with Crippen LogP contribution in [0.3, 0.4) is 0 Å². The third kappa shape index (κ3) is 25.3. The summed E-state index contributed by atoms with van der Waals surface area (Å²) in [4.78, 5) is 0. The van der Waals surface area contributed by atoms with Crippen molar-refractivity contribution in [2.24, 2.45) is 0 Å². The lowest BCUT2D eigenvalue weighted by Crippen LogP contribution is -1.84. The van der Waals surface area contributed by atoms with Crippen LogP contribution < -0.4 is 0 Å². The average Bonchev–Trinajstić information content (AvgIpc) is 2.54. The van der Waals surface area contributed by atoms with E-state index in [1.54, 1.807) is 0 Å². The van der Waals surface area contributed by atoms with Crippen molar-refractivity contribution in [1.82, 2.24) is 0 Å². The largest absolute Gasteiger partial charge is 0.122 e. The Balaban J connectivity index is 0. The lowest BCUT2D eigenvalue weighted by Gasteiger charge is -2.03. The summed E-state index contributed by atoms with van der Waals surface area (Å²) in [5, 5.41) is 0. The number of halogens is 1. The van der Waals surface area contributed by atoms with Crippen LogP contribution in [0.2, 0.25) is 0 Å². The summed E-state index contributed by atoms with van der Waals surface area (Å²) in [6.07, 6.45) is 28.0. The van der Waals surface area contributed by atoms with Crippen LogP contribution in [0.15, 0.2) is 0 Å². The second kappa shape index (κ2) is 25.2. The molecule has 0 aromatic heterocycles. The van der Waals surface area contributed by atoms with Gasteiger partial charge in [0.05, 0.1) is 0 Å². The van der Waals surface area contributed by atoms with Crippen LogP contribution >= 0.6 is 25.6 Å². The Morgan fingerprint density at radius 2 is 0.696 bits per heavy atom. The number of hydrogen-bond donors (Lipinski definition) is 0. The minimum atomic E-state index is 0. The zero-order valence-electron chi connectivity index (χ0n) is 16.3. The van der Waals surface area contributed by atoms with E-state index in [2.05, 4.69) is 13.8 Å². The van der Waals surface area contributed by atoms with E-state index in [1.807, 2.05) is 0 Å². The Hall–Kier alpha value is 0.910. The molecule has 1 unspecified atom stereocenters. The van der Waals surface area contributed by atoms with E-state index in [1.165, 1.54) is 130 Å². The summed E-state index contributed by atoms with van der Waals surface area (Å²) < 4.78 is 0. The van der Waals surface area contributed by atoms with Gasteiger partial charge in [-0.1, -0.05) is 110 Å². The van der Waals surface area contributed by atoms with E-state index in [4.69, 9.17) is 0 Å². The molecule has 1 atom stereocenters. The van der Waals surface area contributed by atoms with Crippen molar-refractivity contribution in [3.05, 3.63) is 0 Å². The van der Waals surface area contributed by atoms with E-state index in [0.717, 1.165) is 0 Å². The SMILES string of the molecule is Br.CCCCCCCCCCCCCCCCCPCCCC. The lowest BCUT2D eigenvalue weighted by molar-refractivity contribution is 0.535. The molecule has 0 spiro atoms. The third-order valence-corrected chi connectivity index (χ3v) is 6.08. The first-order valence-electron chi connectivity index (χ1n) is 10.6. The first kappa shape index (κ1) is 26.1. The molecule has 0 radical (unpaired) electrons. The first-order chi connectivity index (χ1) is 10.9. The minimum Gasteiger partial charge on any atom is -0.122 e. The van der Waals surface area contributed by atoms with Crippen molar-refractivity contribution in [1.29, 1.82) is 0 Å². The Labute approximate surface area is 160 Å². The zero-order chi connectivity index (χ0) is 16.1. The van der Waals surface area contributed by atoms with Crippen molar-refractivity contribution in [3.8, 4) is 0 Å². The quantitative estimate of drug-likeness (QED) is 0.148. The van der Waals surface area contributed by atoms with E-state index < -0.39 is 0 Å². The molecule has 2 heteroatoms. The Morgan fingerprint density at radius 3 is 1.09 bits per heavy atom. The Bertz CT molecular complexity index is 165. The molecular formula is C21H46BrP. The second-order valence-electron chi connectivity index (χ2n) is 7.05. The van der Waals surface area contributed by atoms with Gasteiger partial charge in [0, 0.05) is 0 Å². The van der Waals surface area contributed by atoms with Crippen LogP contribution in [0.25, 0.3) is 0 Å². The fourth-order valence-electron chi connectivity index (χ4n) is 3.05. The maximum absolute atomic E-state index is 2.30. The van der Waals surface area contributed by atoms with Gasteiger partial charge in [0.1, 0.15) is 0 Å². The molecule has 0 aromatic rings. The van der Waals surface area contributed by atoms with Crippen LogP contribution in [-0.2, 0) is 0 Å². The van der Waals surface area contributed by atoms with Gasteiger partial charge in [-0.15, -0.1) is 25.6 Å². The van der Waals surface area contributed by atoms with Crippen molar-refractivity contribution < 1.29 is 0 Å². The van der Waals surface area contributed by atoms with Crippen LogP contribution in [0.4, 0.5) is 0 Å². The average molecular weight is 409 g/mol. The van der Waals surface area contributed by atoms with Crippen LogP contribution in [0.5, 0.6) is 0 Å². The van der Waals surface area contributed by atoms with Crippen LogP contribution in [0.1, 0.15) is 123 Å². The highest BCUT2D eigenvalue weighted by Crippen LogP contribution is 2.17. The zero-order valence-corrected chi connectivity index (χ0v) is 19.1. The lowest BCUT2D eigenvalue weighted by atomic mass is 10.0. The molecule has 0 aliphatic heterocycles. The highest BCUT2D eigenvalue weighted by molar-refractivity contribution is 8.93. The van der Waals surface area contributed by atoms with Gasteiger partial charge >= 0.3 is 0 Å². The van der Waals surface area contributed by atoms with Gasteiger partial charge in [-0.25, -0.2) is 0 Å². The third-order valence-electron chi connectivity index (χ3n) is 4.66. The summed E-state index contributed by atoms with van der Waals surface area (Å²) in [6, 6.07) is 0. The molecule has 0 aliphatic rings. The molecule has 0 aliphatic carbocycles. The summed E-state index contributed by atoms with van der Waals surface area (Å²) >= 11 is 0. The number of unbranched alkanes of at least 4 members (excludes halogenated alkanes) is 15. The number of rotatable bonds is 19. The standard InChI is InChI=1S/C21H45P.BrH/c1-3-5-7-8-9-10-11-12-13-14-15-16-17-18-19-21-22-20-6-4-2;/h22H,3-21H2,1-2H3;1H. The molecule has 0 nitrogen and oxygen atoms in total. The van der Waals surface area contributed by atoms with Crippen molar-refractivity contribution >= 4 is 25.6 Å². The summed E-state index contributed by atoms with van der Waals surface area (Å²) in [6.45, 7) is 4.60. The van der Waals surface area contributed by atoms with E-state index in [-0.39, 0.29) is 17.0 Å². The van der Waals surface area contributed by atoms with Crippen molar-refractivity contribution in [2.45, 2.75) is 123 Å². The molecule has 0 rings (SSSR count). The Kier molecular flexibility index (Phi) is 28.6.